The lowest BCUT2D eigenvalue weighted by molar-refractivity contribution is -0.142. The number of fused-ring (bicyclic) bond motifs is 4. The summed E-state index contributed by atoms with van der Waals surface area (Å²) in [5, 5.41) is 9.93. The van der Waals surface area contributed by atoms with Gasteiger partial charge in [-0.1, -0.05) is 6.92 Å². The van der Waals surface area contributed by atoms with Crippen LogP contribution in [0.25, 0.3) is 0 Å². The van der Waals surface area contributed by atoms with E-state index in [0.29, 0.717) is 21.9 Å². The number of hydrogen-bond acceptors (Lipinski definition) is 6. The Kier molecular flexibility index (Phi) is 3.40. The number of thiophene rings is 1. The molecule has 0 radical (unpaired) electrons. The minimum atomic E-state index is -4.88. The first kappa shape index (κ1) is 15.2. The average Bonchev–Trinajstić information content (AvgIpc) is 2.94. The number of hydroxylamine groups is 2. The highest BCUT2D eigenvalue weighted by molar-refractivity contribution is 7.80. The molecule has 1 fully saturated rings. The maximum atomic E-state index is 12.2. The van der Waals surface area contributed by atoms with Crippen LogP contribution < -0.4 is 0 Å². The fourth-order valence-electron chi connectivity index (χ4n) is 2.73. The first-order valence-corrected chi connectivity index (χ1v) is 8.53. The number of carbonyl (C=O) groups is 2. The lowest BCUT2D eigenvalue weighted by atomic mass is 9.99. The quantitative estimate of drug-likeness (QED) is 0.777. The van der Waals surface area contributed by atoms with Gasteiger partial charge in [-0.05, 0) is 18.1 Å². The third-order valence-electron chi connectivity index (χ3n) is 3.60. The number of carboxylic acids is 1. The Balaban J connectivity index is 2.10. The first-order chi connectivity index (χ1) is 10.2. The van der Waals surface area contributed by atoms with E-state index < -0.39 is 34.5 Å². The van der Waals surface area contributed by atoms with Gasteiger partial charge in [0.15, 0.2) is 6.04 Å². The van der Waals surface area contributed by atoms with Gasteiger partial charge in [0.1, 0.15) is 6.04 Å². The van der Waals surface area contributed by atoms with E-state index in [4.69, 9.17) is 4.55 Å². The molecule has 0 aliphatic carbocycles. The Bertz CT molecular complexity index is 756. The molecular formula is C11H12N2O7S2. The summed E-state index contributed by atoms with van der Waals surface area (Å²) in [7, 11) is -4.88. The van der Waals surface area contributed by atoms with Crippen LogP contribution in [0.1, 0.15) is 34.3 Å². The fourth-order valence-corrected chi connectivity index (χ4v) is 4.37. The van der Waals surface area contributed by atoms with Crippen molar-refractivity contribution in [1.29, 1.82) is 0 Å². The lowest BCUT2D eigenvalue weighted by Gasteiger charge is -2.27. The van der Waals surface area contributed by atoms with Crippen molar-refractivity contribution >= 4 is 33.7 Å². The number of aryl methyl sites for hydroxylation is 1. The van der Waals surface area contributed by atoms with Gasteiger partial charge >= 0.3 is 22.4 Å². The Hall–Kier alpha value is -1.69. The maximum absolute atomic E-state index is 12.2. The van der Waals surface area contributed by atoms with E-state index in [1.807, 2.05) is 6.92 Å². The van der Waals surface area contributed by atoms with Gasteiger partial charge in [-0.3, -0.25) is 4.55 Å². The molecule has 120 valence electrons. The zero-order valence-electron chi connectivity index (χ0n) is 11.3. The second kappa shape index (κ2) is 4.91. The molecule has 11 heteroatoms. The van der Waals surface area contributed by atoms with Crippen LogP contribution in [-0.4, -0.2) is 46.6 Å². The normalized spacial score (nSPS) is 23.8. The molecule has 2 amide bonds. The monoisotopic (exact) mass is 348 g/mol. The first-order valence-electron chi connectivity index (χ1n) is 6.35. The van der Waals surface area contributed by atoms with Gasteiger partial charge in [0.25, 0.3) is 0 Å². The average molecular weight is 348 g/mol. The molecule has 0 saturated carbocycles. The van der Waals surface area contributed by atoms with E-state index in [1.54, 1.807) is 6.07 Å². The minimum Gasteiger partial charge on any atom is -0.479 e. The van der Waals surface area contributed by atoms with Gasteiger partial charge in [-0.15, -0.1) is 15.6 Å². The molecule has 0 aromatic carbocycles. The Morgan fingerprint density at radius 3 is 2.77 bits per heavy atom. The molecule has 0 spiro atoms. The van der Waals surface area contributed by atoms with E-state index in [2.05, 4.69) is 4.28 Å². The van der Waals surface area contributed by atoms with Crippen LogP contribution >= 0.6 is 11.3 Å². The number of urea groups is 1. The van der Waals surface area contributed by atoms with E-state index in [-0.39, 0.29) is 6.54 Å². The molecule has 1 saturated heterocycles. The van der Waals surface area contributed by atoms with Crippen LogP contribution in [0.5, 0.6) is 0 Å². The van der Waals surface area contributed by atoms with Gasteiger partial charge in [0.05, 0.1) is 6.54 Å². The van der Waals surface area contributed by atoms with Crippen molar-refractivity contribution in [3.05, 3.63) is 21.4 Å². The van der Waals surface area contributed by atoms with Crippen molar-refractivity contribution in [2.45, 2.75) is 25.4 Å². The smallest absolute Gasteiger partial charge is 0.418 e. The molecule has 2 bridgehead atoms. The summed E-state index contributed by atoms with van der Waals surface area (Å²) < 4.78 is 35.0. The van der Waals surface area contributed by atoms with Crippen LogP contribution in [0.15, 0.2) is 6.07 Å². The van der Waals surface area contributed by atoms with Gasteiger partial charge < -0.3 is 10.0 Å². The number of nitrogens with zero attached hydrogens (tertiary/aromatic N) is 2. The van der Waals surface area contributed by atoms with Gasteiger partial charge in [0.2, 0.25) is 0 Å². The van der Waals surface area contributed by atoms with Crippen molar-refractivity contribution in [3.8, 4) is 0 Å². The molecule has 2 N–H and O–H groups in total. The summed E-state index contributed by atoms with van der Waals surface area (Å²) in [5.41, 5.74) is 0.542. The van der Waals surface area contributed by atoms with Crippen molar-refractivity contribution < 1.29 is 31.9 Å². The number of amides is 2. The molecule has 3 rings (SSSR count). The molecule has 2 atom stereocenters. The predicted molar refractivity (Wildman–Crippen MR) is 73.4 cm³/mol. The zero-order valence-corrected chi connectivity index (χ0v) is 12.9. The van der Waals surface area contributed by atoms with Crippen molar-refractivity contribution in [3.63, 3.8) is 0 Å². The molecule has 1 aromatic rings. The second-order valence-corrected chi connectivity index (χ2v) is 7.08. The van der Waals surface area contributed by atoms with Crippen LogP contribution in [0.4, 0.5) is 4.79 Å². The highest BCUT2D eigenvalue weighted by atomic mass is 32.3. The zero-order chi connectivity index (χ0) is 16.2. The standard InChI is InChI=1S/C11H12N2O7S2/c1-2-5-3-6-7-4-12(8(10(14)15)9(6)21-5)11(16)13(7)20-22(17,18)19/h3,7-8H,2,4H2,1H3,(H,14,15)(H,17,18,19)/t7-,8?/m1/s1. The van der Waals surface area contributed by atoms with E-state index >= 15 is 0 Å². The van der Waals surface area contributed by atoms with Crippen LogP contribution in [0.2, 0.25) is 0 Å². The molecule has 2 aliphatic heterocycles. The van der Waals surface area contributed by atoms with Crippen molar-refractivity contribution in [1.82, 2.24) is 9.96 Å². The van der Waals surface area contributed by atoms with E-state index in [1.165, 1.54) is 11.3 Å². The topological polar surface area (TPSA) is 124 Å². The lowest BCUT2D eigenvalue weighted by Crippen LogP contribution is -2.38. The summed E-state index contributed by atoms with van der Waals surface area (Å²) in [6.45, 7) is 1.89. The number of aliphatic carboxylic acids is 1. The Labute approximate surface area is 129 Å². The molecule has 1 aromatic heterocycles. The number of carbonyl (C=O) groups excluding carboxylic acids is 1. The van der Waals surface area contributed by atoms with Gasteiger partial charge in [-0.25, -0.2) is 9.59 Å². The molecule has 9 nitrogen and oxygen atoms in total. The Morgan fingerprint density at radius 1 is 1.55 bits per heavy atom. The third-order valence-corrected chi connectivity index (χ3v) is 5.30. The SMILES string of the molecule is CCc1cc2c(s1)C(C(=O)O)N1C[C@H]2N(OS(=O)(=O)O)C1=O. The third kappa shape index (κ3) is 2.26. The highest BCUT2D eigenvalue weighted by Gasteiger charge is 2.53. The molecular weight excluding hydrogens is 336 g/mol. The van der Waals surface area contributed by atoms with Gasteiger partial charge in [0, 0.05) is 9.75 Å². The van der Waals surface area contributed by atoms with Crippen molar-refractivity contribution in [2.24, 2.45) is 0 Å². The van der Waals surface area contributed by atoms with E-state index in [9.17, 15) is 23.1 Å². The molecule has 22 heavy (non-hydrogen) atoms. The summed E-state index contributed by atoms with van der Waals surface area (Å²) >= 11 is 1.27. The summed E-state index contributed by atoms with van der Waals surface area (Å²) in [6.07, 6.45) is 0.684. The summed E-state index contributed by atoms with van der Waals surface area (Å²) in [6, 6.07) is -1.11. The highest BCUT2D eigenvalue weighted by Crippen LogP contribution is 2.47. The maximum Gasteiger partial charge on any atom is 0.418 e. The molecule has 2 aliphatic rings. The number of rotatable bonds is 4. The predicted octanol–water partition coefficient (Wildman–Crippen LogP) is 0.963. The number of hydrogen-bond donors (Lipinski definition) is 2. The summed E-state index contributed by atoms with van der Waals surface area (Å²) in [5.74, 6) is -1.20. The minimum absolute atomic E-state index is 0.0157. The van der Waals surface area contributed by atoms with Crippen LogP contribution in [0, 0.1) is 0 Å². The van der Waals surface area contributed by atoms with Gasteiger partial charge in [-0.2, -0.15) is 13.5 Å². The fraction of sp³-hybridized carbons (Fsp3) is 0.455. The van der Waals surface area contributed by atoms with Crippen LogP contribution in [0.3, 0.4) is 0 Å². The molecule has 3 heterocycles. The Morgan fingerprint density at radius 2 is 2.23 bits per heavy atom. The van der Waals surface area contributed by atoms with Crippen LogP contribution in [-0.2, 0) is 25.9 Å². The van der Waals surface area contributed by atoms with Crippen molar-refractivity contribution in [2.75, 3.05) is 6.54 Å². The molecule has 1 unspecified atom stereocenters. The second-order valence-electron chi connectivity index (χ2n) is 4.91. The largest absolute Gasteiger partial charge is 0.479 e. The number of carboxylic acid groups (broad SMARTS) is 1. The van der Waals surface area contributed by atoms with E-state index in [0.717, 1.165) is 9.78 Å². The summed E-state index contributed by atoms with van der Waals surface area (Å²) in [4.78, 5) is 26.1.